The monoisotopic (exact) mass is 267 g/mol. The van der Waals surface area contributed by atoms with E-state index in [1.807, 2.05) is 36.4 Å². The average Bonchev–Trinajstić information content (AvgIpc) is 2.42. The van der Waals surface area contributed by atoms with Crippen molar-refractivity contribution < 1.29 is 15.0 Å². The molecule has 1 aromatic rings. The highest BCUT2D eigenvalue weighted by molar-refractivity contribution is 5.53. The molecule has 0 unspecified atom stereocenters. The molecule has 0 aromatic heterocycles. The Morgan fingerprint density at radius 1 is 1.11 bits per heavy atom. The normalized spacial score (nSPS) is 8.63. The van der Waals surface area contributed by atoms with Gasteiger partial charge in [-0.25, -0.2) is 4.79 Å². The van der Waals surface area contributed by atoms with Gasteiger partial charge in [0.2, 0.25) is 0 Å². The van der Waals surface area contributed by atoms with Crippen LogP contribution in [0.3, 0.4) is 0 Å². The van der Waals surface area contributed by atoms with Crippen LogP contribution in [0.15, 0.2) is 36.9 Å². The zero-order valence-corrected chi connectivity index (χ0v) is 12.0. The van der Waals surface area contributed by atoms with E-state index < -0.39 is 6.16 Å². The molecule has 4 heteroatoms. The number of benzene rings is 1. The minimum Gasteiger partial charge on any atom is -0.450 e. The van der Waals surface area contributed by atoms with E-state index in [0.29, 0.717) is 0 Å². The summed E-state index contributed by atoms with van der Waals surface area (Å²) in [6.07, 6.45) is 0. The second-order valence-electron chi connectivity index (χ2n) is 3.52. The summed E-state index contributed by atoms with van der Waals surface area (Å²) >= 11 is 0. The van der Waals surface area contributed by atoms with Gasteiger partial charge in [0, 0.05) is 0 Å². The van der Waals surface area contributed by atoms with Crippen molar-refractivity contribution >= 4 is 12.2 Å². The molecule has 0 heterocycles. The number of carbonyl (C=O) groups is 1. The van der Waals surface area contributed by atoms with Crippen LogP contribution in [-0.4, -0.2) is 40.9 Å². The van der Waals surface area contributed by atoms with Crippen LogP contribution in [0.25, 0.3) is 6.08 Å². The topological polar surface area (TPSA) is 60.8 Å². The number of hydrogen-bond donors (Lipinski definition) is 2. The lowest BCUT2D eigenvalue weighted by atomic mass is 10.2. The van der Waals surface area contributed by atoms with Crippen LogP contribution in [0.1, 0.15) is 26.3 Å². The Balaban J connectivity index is 0. The molecule has 1 rings (SSSR count). The summed E-state index contributed by atoms with van der Waals surface area (Å²) in [5, 5.41) is 13.9. The molecule has 2 N–H and O–H groups in total. The highest BCUT2D eigenvalue weighted by Crippen LogP contribution is 1.97. The molecule has 0 bridgehead atoms. The largest absolute Gasteiger partial charge is 0.503 e. The summed E-state index contributed by atoms with van der Waals surface area (Å²) < 4.78 is 0. The van der Waals surface area contributed by atoms with E-state index in [0.717, 1.165) is 0 Å². The lowest BCUT2D eigenvalue weighted by Gasteiger charge is -2.13. The van der Waals surface area contributed by atoms with Crippen LogP contribution in [0.5, 0.6) is 0 Å². The minimum absolute atomic E-state index is 1.17. The van der Waals surface area contributed by atoms with Crippen molar-refractivity contribution in [2.45, 2.75) is 20.8 Å². The molecule has 0 fully saturated rings. The van der Waals surface area contributed by atoms with Crippen LogP contribution in [-0.2, 0) is 0 Å². The standard InChI is InChI=1S/C8H8.C6H15N.CH2O3/c1-2-8-6-4-3-5-7-8;1-4-7(5-2)6-3;2-1(3)4/h2-7H,1H2;4-6H2,1-3H3;(H2,2,3,4). The van der Waals surface area contributed by atoms with Gasteiger partial charge < -0.3 is 15.1 Å². The van der Waals surface area contributed by atoms with Gasteiger partial charge in [-0.2, -0.15) is 0 Å². The Labute approximate surface area is 116 Å². The molecule has 0 aliphatic rings. The van der Waals surface area contributed by atoms with Gasteiger partial charge in [-0.15, -0.1) is 0 Å². The zero-order chi connectivity index (χ0) is 15.1. The van der Waals surface area contributed by atoms with Gasteiger partial charge in [0.05, 0.1) is 0 Å². The second-order valence-corrected chi connectivity index (χ2v) is 3.52. The van der Waals surface area contributed by atoms with Gasteiger partial charge in [-0.1, -0.05) is 63.8 Å². The molecular weight excluding hydrogens is 242 g/mol. The summed E-state index contributed by atoms with van der Waals surface area (Å²) in [5.74, 6) is 0. The van der Waals surface area contributed by atoms with Crippen molar-refractivity contribution in [3.05, 3.63) is 42.5 Å². The fourth-order valence-electron chi connectivity index (χ4n) is 1.26. The number of nitrogens with zero attached hydrogens (tertiary/aromatic N) is 1. The van der Waals surface area contributed by atoms with Gasteiger partial charge in [-0.05, 0) is 25.2 Å². The van der Waals surface area contributed by atoms with Crippen molar-refractivity contribution in [3.8, 4) is 0 Å². The maximum atomic E-state index is 8.56. The van der Waals surface area contributed by atoms with Crippen LogP contribution in [0.2, 0.25) is 0 Å². The molecule has 0 aliphatic heterocycles. The highest BCUT2D eigenvalue weighted by atomic mass is 16.6. The fraction of sp³-hybridized carbons (Fsp3) is 0.400. The molecule has 0 amide bonds. The van der Waals surface area contributed by atoms with Crippen LogP contribution < -0.4 is 0 Å². The van der Waals surface area contributed by atoms with E-state index >= 15 is 0 Å². The molecule has 1 aromatic carbocycles. The first kappa shape index (κ1) is 19.5. The van der Waals surface area contributed by atoms with Crippen molar-refractivity contribution in [2.75, 3.05) is 19.6 Å². The lowest BCUT2D eigenvalue weighted by molar-refractivity contribution is 0.137. The van der Waals surface area contributed by atoms with E-state index in [2.05, 4.69) is 32.3 Å². The van der Waals surface area contributed by atoms with E-state index in [9.17, 15) is 0 Å². The Morgan fingerprint density at radius 3 is 1.63 bits per heavy atom. The van der Waals surface area contributed by atoms with Crippen molar-refractivity contribution in [1.82, 2.24) is 4.90 Å². The molecule has 0 atom stereocenters. The van der Waals surface area contributed by atoms with Gasteiger partial charge in [0.25, 0.3) is 0 Å². The number of rotatable bonds is 4. The van der Waals surface area contributed by atoms with E-state index in [1.165, 1.54) is 25.2 Å². The summed E-state index contributed by atoms with van der Waals surface area (Å²) in [7, 11) is 0. The molecular formula is C15H25NO3. The Hall–Kier alpha value is -1.81. The fourth-order valence-corrected chi connectivity index (χ4v) is 1.26. The maximum absolute atomic E-state index is 8.56. The first-order valence-electron chi connectivity index (χ1n) is 6.33. The molecule has 0 spiro atoms. The quantitative estimate of drug-likeness (QED) is 0.868. The summed E-state index contributed by atoms with van der Waals surface area (Å²) in [5.41, 5.74) is 1.17. The van der Waals surface area contributed by atoms with Gasteiger partial charge in [0.15, 0.2) is 0 Å². The van der Waals surface area contributed by atoms with Crippen LogP contribution in [0, 0.1) is 0 Å². The molecule has 4 nitrogen and oxygen atoms in total. The molecule has 0 saturated carbocycles. The van der Waals surface area contributed by atoms with Gasteiger partial charge in [-0.3, -0.25) is 0 Å². The third-order valence-corrected chi connectivity index (χ3v) is 2.38. The smallest absolute Gasteiger partial charge is 0.450 e. The van der Waals surface area contributed by atoms with Crippen molar-refractivity contribution in [3.63, 3.8) is 0 Å². The highest BCUT2D eigenvalue weighted by Gasteiger charge is 1.89. The maximum Gasteiger partial charge on any atom is 0.503 e. The molecule has 0 radical (unpaired) electrons. The molecule has 19 heavy (non-hydrogen) atoms. The van der Waals surface area contributed by atoms with Gasteiger partial charge >= 0.3 is 6.16 Å². The Morgan fingerprint density at radius 2 is 1.47 bits per heavy atom. The Bertz CT molecular complexity index is 312. The van der Waals surface area contributed by atoms with Crippen molar-refractivity contribution in [1.29, 1.82) is 0 Å². The molecule has 0 saturated heterocycles. The summed E-state index contributed by atoms with van der Waals surface area (Å²) in [4.78, 5) is 10.9. The Kier molecular flexibility index (Phi) is 14.6. The zero-order valence-electron chi connectivity index (χ0n) is 12.0. The summed E-state index contributed by atoms with van der Waals surface area (Å²) in [6.45, 7) is 13.8. The molecule has 0 aliphatic carbocycles. The van der Waals surface area contributed by atoms with Crippen LogP contribution in [0.4, 0.5) is 4.79 Å². The first-order chi connectivity index (χ1) is 9.01. The van der Waals surface area contributed by atoms with E-state index in [-0.39, 0.29) is 0 Å². The minimum atomic E-state index is -1.83. The van der Waals surface area contributed by atoms with Crippen molar-refractivity contribution in [2.24, 2.45) is 0 Å². The summed E-state index contributed by atoms with van der Waals surface area (Å²) in [6, 6.07) is 10.0. The third-order valence-electron chi connectivity index (χ3n) is 2.38. The number of carboxylic acid groups (broad SMARTS) is 2. The average molecular weight is 267 g/mol. The molecule has 108 valence electrons. The van der Waals surface area contributed by atoms with E-state index in [4.69, 9.17) is 15.0 Å². The first-order valence-corrected chi connectivity index (χ1v) is 6.33. The second kappa shape index (κ2) is 14.3. The lowest BCUT2D eigenvalue weighted by Crippen LogP contribution is -2.21. The SMILES string of the molecule is C=Cc1ccccc1.CCN(CC)CC.O=C(O)O. The third kappa shape index (κ3) is 16.2. The van der Waals surface area contributed by atoms with Crippen LogP contribution >= 0.6 is 0 Å². The number of hydrogen-bond acceptors (Lipinski definition) is 2. The predicted molar refractivity (Wildman–Crippen MR) is 80.6 cm³/mol. The predicted octanol–water partition coefficient (Wildman–Crippen LogP) is 3.90. The van der Waals surface area contributed by atoms with Gasteiger partial charge in [0.1, 0.15) is 0 Å². The van der Waals surface area contributed by atoms with E-state index in [1.54, 1.807) is 0 Å².